The van der Waals surface area contributed by atoms with E-state index in [9.17, 15) is 19.2 Å². The van der Waals surface area contributed by atoms with Crippen LogP contribution in [0.3, 0.4) is 0 Å². The highest BCUT2D eigenvalue weighted by molar-refractivity contribution is 6.37. The molecule has 0 radical (unpaired) electrons. The molecule has 1 amide bonds. The van der Waals surface area contributed by atoms with Gasteiger partial charge in [0.2, 0.25) is 0 Å². The predicted octanol–water partition coefficient (Wildman–Crippen LogP) is 9.20. The normalized spacial score (nSPS) is 17.6. The minimum atomic E-state index is -1.52. The first-order valence-corrected chi connectivity index (χ1v) is 18.8. The number of ether oxygens (including phenoxy) is 4. The fourth-order valence-electron chi connectivity index (χ4n) is 5.81. The fourth-order valence-corrected chi connectivity index (χ4v) is 7.26. The molecule has 6 aromatic rings. The summed E-state index contributed by atoms with van der Waals surface area (Å²) in [5, 5.41) is 3.47. The molecule has 0 saturated carbocycles. The number of halogens is 6. The van der Waals surface area contributed by atoms with Crippen molar-refractivity contribution in [3.63, 3.8) is 0 Å². The summed E-state index contributed by atoms with van der Waals surface area (Å²) in [4.78, 5) is 67.0. The predicted molar refractivity (Wildman–Crippen MR) is 212 cm³/mol. The lowest BCUT2D eigenvalue weighted by Gasteiger charge is -2.25. The van der Waals surface area contributed by atoms with Crippen molar-refractivity contribution < 1.29 is 38.1 Å². The monoisotopic (exact) mass is 887 g/mol. The summed E-state index contributed by atoms with van der Waals surface area (Å²) >= 11 is 37.2. The van der Waals surface area contributed by atoms with Crippen LogP contribution < -0.4 is 5.32 Å². The zero-order chi connectivity index (χ0) is 40.4. The van der Waals surface area contributed by atoms with E-state index in [1.54, 1.807) is 30.3 Å². The van der Waals surface area contributed by atoms with Gasteiger partial charge in [0.05, 0.1) is 38.1 Å². The molecule has 3 heterocycles. The number of aromatic nitrogens is 4. The third kappa shape index (κ3) is 8.80. The van der Waals surface area contributed by atoms with Crippen molar-refractivity contribution in [1.29, 1.82) is 0 Å². The van der Waals surface area contributed by atoms with Gasteiger partial charge in [0.1, 0.15) is 19.0 Å². The Morgan fingerprint density at radius 3 is 1.77 bits per heavy atom. The minimum absolute atomic E-state index is 0.0140. The van der Waals surface area contributed by atoms with Gasteiger partial charge in [-0.2, -0.15) is 0 Å². The number of nitrogens with zero attached hydrogens (tertiary/aromatic N) is 4. The molecule has 57 heavy (non-hydrogen) atoms. The number of amides is 1. The lowest BCUT2D eigenvalue weighted by molar-refractivity contribution is -0.0606. The van der Waals surface area contributed by atoms with Crippen molar-refractivity contribution >= 4 is 110 Å². The topological polar surface area (TPSA) is 161 Å². The van der Waals surface area contributed by atoms with Gasteiger partial charge >= 0.3 is 17.9 Å². The molecule has 2 aromatic heterocycles. The lowest BCUT2D eigenvalue weighted by atomic mass is 10.1. The second-order valence-electron chi connectivity index (χ2n) is 12.1. The number of carbonyl (C=O) groups is 4. The maximum absolute atomic E-state index is 13.8. The maximum atomic E-state index is 13.8. The van der Waals surface area contributed by atoms with Gasteiger partial charge in [-0.15, -0.1) is 0 Å². The van der Waals surface area contributed by atoms with Crippen LogP contribution in [0.1, 0.15) is 47.7 Å². The van der Waals surface area contributed by atoms with Crippen molar-refractivity contribution in [2.45, 2.75) is 24.5 Å². The first kappa shape index (κ1) is 40.2. The van der Waals surface area contributed by atoms with Crippen LogP contribution >= 0.6 is 69.6 Å². The number of hydrogen-bond acceptors (Lipinski definition) is 11. The van der Waals surface area contributed by atoms with E-state index in [4.69, 9.17) is 88.6 Å². The molecule has 1 aliphatic rings. The standard InChI is InChI=1S/C38H23Cl6N5O8/c39-19-6-9-22(25(42)12-19)36(51)54-15-28-30(56-37(52)23-10-7-20(40)13-26(23)43)31(57-38(53)24-11-8-21(41)14-27(24)44)35(55-28)49-17-47-29-32(45-16-46-33(29)49)48-34(50)18-4-2-1-3-5-18/h1-14,16-17,28,30-31,35H,15H2,(H,45,46,48,50)/t28-,30+,31-,35-/m0/s1. The molecule has 7 rings (SSSR count). The van der Waals surface area contributed by atoms with E-state index < -0.39 is 55.0 Å². The van der Waals surface area contributed by atoms with E-state index in [0.717, 1.165) is 0 Å². The van der Waals surface area contributed by atoms with Gasteiger partial charge in [-0.1, -0.05) is 87.8 Å². The third-order valence-corrected chi connectivity index (χ3v) is 10.1. The SMILES string of the molecule is O=C(Nc1ncnc2c1ncn2[C@H]1O[C@@H](COC(=O)c2ccc(Cl)cc2Cl)[C@@H](OC(=O)c2ccc(Cl)cc2Cl)[C@@H]1OC(=O)c1ccc(Cl)cc1Cl)c1ccccc1. The molecule has 1 saturated heterocycles. The molecule has 0 unspecified atom stereocenters. The summed E-state index contributed by atoms with van der Waals surface area (Å²) in [5.41, 5.74) is 0.420. The molecule has 0 bridgehead atoms. The Morgan fingerprint density at radius 1 is 0.667 bits per heavy atom. The van der Waals surface area contributed by atoms with Crippen molar-refractivity contribution in [2.24, 2.45) is 0 Å². The first-order chi connectivity index (χ1) is 27.4. The molecule has 0 spiro atoms. The highest BCUT2D eigenvalue weighted by Gasteiger charge is 2.52. The Hall–Kier alpha value is -4.99. The Labute approximate surface area is 352 Å². The summed E-state index contributed by atoms with van der Waals surface area (Å²) < 4.78 is 25.5. The van der Waals surface area contributed by atoms with Crippen LogP contribution in [0.4, 0.5) is 5.82 Å². The average Bonchev–Trinajstić information content (AvgIpc) is 3.75. The van der Waals surface area contributed by atoms with Crippen molar-refractivity contribution in [2.75, 3.05) is 11.9 Å². The molecular weight excluding hydrogens is 867 g/mol. The quantitative estimate of drug-likeness (QED) is 0.103. The van der Waals surface area contributed by atoms with E-state index in [1.165, 1.54) is 71.8 Å². The van der Waals surface area contributed by atoms with E-state index in [-0.39, 0.29) is 63.8 Å². The van der Waals surface area contributed by atoms with Crippen LogP contribution in [-0.2, 0) is 18.9 Å². The van der Waals surface area contributed by atoms with E-state index in [1.807, 2.05) is 0 Å². The van der Waals surface area contributed by atoms with Gasteiger partial charge in [0.25, 0.3) is 5.91 Å². The second-order valence-corrected chi connectivity index (χ2v) is 14.7. The Morgan fingerprint density at radius 2 is 1.21 bits per heavy atom. The first-order valence-electron chi connectivity index (χ1n) is 16.5. The molecule has 4 aromatic carbocycles. The Kier molecular flexibility index (Phi) is 12.2. The smallest absolute Gasteiger partial charge is 0.340 e. The molecule has 4 atom stereocenters. The molecule has 13 nitrogen and oxygen atoms in total. The van der Waals surface area contributed by atoms with Crippen LogP contribution in [0.15, 0.2) is 97.6 Å². The molecule has 290 valence electrons. The maximum Gasteiger partial charge on any atom is 0.340 e. The number of fused-ring (bicyclic) bond motifs is 1. The largest absolute Gasteiger partial charge is 0.459 e. The number of anilines is 1. The van der Waals surface area contributed by atoms with Gasteiger partial charge in [-0.05, 0) is 66.7 Å². The number of hydrogen-bond donors (Lipinski definition) is 1. The van der Waals surface area contributed by atoms with Gasteiger partial charge in [0.15, 0.2) is 35.4 Å². The number of esters is 3. The van der Waals surface area contributed by atoms with Gasteiger partial charge in [0, 0.05) is 20.6 Å². The van der Waals surface area contributed by atoms with Crippen LogP contribution in [0.5, 0.6) is 0 Å². The number of rotatable bonds is 10. The van der Waals surface area contributed by atoms with E-state index in [2.05, 4.69) is 20.3 Å². The molecule has 1 aliphatic heterocycles. The summed E-state index contributed by atoms with van der Waals surface area (Å²) in [6.07, 6.45) is -3.24. The lowest BCUT2D eigenvalue weighted by Crippen LogP contribution is -2.41. The molecule has 1 fully saturated rings. The van der Waals surface area contributed by atoms with Crippen LogP contribution in [0, 0.1) is 0 Å². The zero-order valence-electron chi connectivity index (χ0n) is 28.6. The van der Waals surface area contributed by atoms with E-state index >= 15 is 0 Å². The molecular formula is C38H23Cl6N5O8. The zero-order valence-corrected chi connectivity index (χ0v) is 33.1. The highest BCUT2D eigenvalue weighted by atomic mass is 35.5. The second kappa shape index (κ2) is 17.2. The summed E-state index contributed by atoms with van der Waals surface area (Å²) in [7, 11) is 0. The van der Waals surface area contributed by atoms with Gasteiger partial charge < -0.3 is 24.3 Å². The van der Waals surface area contributed by atoms with Gasteiger partial charge in [-0.3, -0.25) is 9.36 Å². The average molecular weight is 890 g/mol. The fraction of sp³-hybridized carbons (Fsp3) is 0.132. The highest BCUT2D eigenvalue weighted by Crippen LogP contribution is 2.38. The van der Waals surface area contributed by atoms with Crippen molar-refractivity contribution in [1.82, 2.24) is 19.5 Å². The number of nitrogens with one attached hydrogen (secondary N) is 1. The Bertz CT molecular complexity index is 2540. The number of imidazole rings is 1. The molecule has 1 N–H and O–H groups in total. The van der Waals surface area contributed by atoms with Crippen LogP contribution in [0.2, 0.25) is 30.1 Å². The number of carbonyl (C=O) groups excluding carboxylic acids is 4. The van der Waals surface area contributed by atoms with Crippen LogP contribution in [-0.4, -0.2) is 68.3 Å². The van der Waals surface area contributed by atoms with Crippen molar-refractivity contribution in [3.8, 4) is 0 Å². The number of benzene rings is 4. The van der Waals surface area contributed by atoms with E-state index in [0.29, 0.717) is 5.56 Å². The summed E-state index contributed by atoms with van der Waals surface area (Å²) in [6, 6.07) is 20.9. The van der Waals surface area contributed by atoms with Crippen molar-refractivity contribution in [3.05, 3.63) is 150 Å². The third-order valence-electron chi connectivity index (χ3n) is 8.50. The summed E-state index contributed by atoms with van der Waals surface area (Å²) in [6.45, 7) is -0.559. The Balaban J connectivity index is 1.28. The minimum Gasteiger partial charge on any atom is -0.459 e. The van der Waals surface area contributed by atoms with Gasteiger partial charge in [-0.25, -0.2) is 29.3 Å². The molecule has 0 aliphatic carbocycles. The summed E-state index contributed by atoms with van der Waals surface area (Å²) in [5.74, 6) is -3.20. The molecule has 19 heteroatoms. The van der Waals surface area contributed by atoms with Crippen LogP contribution in [0.25, 0.3) is 11.2 Å².